The number of nitrogens with one attached hydrogen (secondary N) is 2. The van der Waals surface area contributed by atoms with Crippen LogP contribution in [0.25, 0.3) is 0 Å². The highest BCUT2D eigenvalue weighted by Crippen LogP contribution is 2.14. The number of hydrogen-bond acceptors (Lipinski definition) is 3. The minimum atomic E-state index is -0.609. The summed E-state index contributed by atoms with van der Waals surface area (Å²) in [6.07, 6.45) is 0.376. The van der Waals surface area contributed by atoms with Crippen LogP contribution in [0.2, 0.25) is 0 Å². The minimum Gasteiger partial charge on any atom is -0.366 e. The van der Waals surface area contributed by atoms with E-state index in [0.717, 1.165) is 5.56 Å². The van der Waals surface area contributed by atoms with Crippen molar-refractivity contribution in [2.45, 2.75) is 12.8 Å². The van der Waals surface area contributed by atoms with Crippen LogP contribution in [-0.4, -0.2) is 24.3 Å². The Hall–Kier alpha value is -3.15. The molecule has 2 aromatic carbocycles. The molecular formula is C18H19N3O3. The molecule has 0 heterocycles. The maximum Gasteiger partial charge on any atom is 0.250 e. The van der Waals surface area contributed by atoms with Crippen molar-refractivity contribution in [3.05, 3.63) is 65.7 Å². The third-order valence-corrected chi connectivity index (χ3v) is 3.35. The van der Waals surface area contributed by atoms with Crippen molar-refractivity contribution in [1.29, 1.82) is 0 Å². The largest absolute Gasteiger partial charge is 0.366 e. The van der Waals surface area contributed by atoms with Crippen LogP contribution in [0.4, 0.5) is 5.69 Å². The van der Waals surface area contributed by atoms with Crippen molar-refractivity contribution in [1.82, 2.24) is 5.32 Å². The molecule has 0 radical (unpaired) electrons. The Morgan fingerprint density at radius 1 is 0.875 bits per heavy atom. The van der Waals surface area contributed by atoms with Crippen molar-refractivity contribution >= 4 is 23.4 Å². The van der Waals surface area contributed by atoms with Crippen LogP contribution in [0.3, 0.4) is 0 Å². The molecule has 24 heavy (non-hydrogen) atoms. The lowest BCUT2D eigenvalue weighted by molar-refractivity contribution is -0.120. The Labute approximate surface area is 140 Å². The zero-order chi connectivity index (χ0) is 17.4. The van der Waals surface area contributed by atoms with E-state index in [4.69, 9.17) is 5.73 Å². The van der Waals surface area contributed by atoms with Crippen molar-refractivity contribution in [3.63, 3.8) is 0 Å². The van der Waals surface area contributed by atoms with Crippen LogP contribution in [0.1, 0.15) is 22.3 Å². The summed E-state index contributed by atoms with van der Waals surface area (Å²) in [5.41, 5.74) is 6.78. The van der Waals surface area contributed by atoms with E-state index in [0.29, 0.717) is 5.69 Å². The predicted octanol–water partition coefficient (Wildman–Crippen LogP) is 1.47. The number of hydrogen-bond donors (Lipinski definition) is 3. The molecule has 0 bridgehead atoms. The summed E-state index contributed by atoms with van der Waals surface area (Å²) < 4.78 is 0. The van der Waals surface area contributed by atoms with Gasteiger partial charge in [0.1, 0.15) is 0 Å². The smallest absolute Gasteiger partial charge is 0.250 e. The highest BCUT2D eigenvalue weighted by Gasteiger charge is 2.10. The molecule has 0 fully saturated rings. The number of nitrogens with two attached hydrogens (primary N) is 1. The van der Waals surface area contributed by atoms with Gasteiger partial charge in [0, 0.05) is 13.0 Å². The molecule has 6 nitrogen and oxygen atoms in total. The fourth-order valence-corrected chi connectivity index (χ4v) is 2.18. The van der Waals surface area contributed by atoms with Gasteiger partial charge in [-0.15, -0.1) is 0 Å². The second-order valence-electron chi connectivity index (χ2n) is 5.22. The number of primary amides is 1. The van der Waals surface area contributed by atoms with Crippen molar-refractivity contribution < 1.29 is 14.4 Å². The topological polar surface area (TPSA) is 101 Å². The highest BCUT2D eigenvalue weighted by atomic mass is 16.2. The lowest BCUT2D eigenvalue weighted by Gasteiger charge is -2.09. The fourth-order valence-electron chi connectivity index (χ4n) is 2.18. The van der Waals surface area contributed by atoms with Crippen molar-refractivity contribution in [2.24, 2.45) is 5.73 Å². The molecule has 4 N–H and O–H groups in total. The van der Waals surface area contributed by atoms with Gasteiger partial charge in [-0.3, -0.25) is 14.4 Å². The Kier molecular flexibility index (Phi) is 6.08. The zero-order valence-electron chi connectivity index (χ0n) is 13.1. The number of rotatable bonds is 7. The zero-order valence-corrected chi connectivity index (χ0v) is 13.1. The molecule has 0 aliphatic carbocycles. The highest BCUT2D eigenvalue weighted by molar-refractivity contribution is 6.03. The quantitative estimate of drug-likeness (QED) is 0.718. The van der Waals surface area contributed by atoms with Crippen LogP contribution >= 0.6 is 0 Å². The number of para-hydroxylation sites is 1. The van der Waals surface area contributed by atoms with Gasteiger partial charge in [-0.05, 0) is 17.7 Å². The van der Waals surface area contributed by atoms with Gasteiger partial charge in [0.05, 0.1) is 17.7 Å². The Bertz CT molecular complexity index is 729. The molecule has 0 unspecified atom stereocenters. The Morgan fingerprint density at radius 2 is 1.54 bits per heavy atom. The van der Waals surface area contributed by atoms with Crippen molar-refractivity contribution in [3.8, 4) is 0 Å². The molecule has 2 rings (SSSR count). The summed E-state index contributed by atoms with van der Waals surface area (Å²) in [6.45, 7) is 0.218. The fraction of sp³-hybridized carbons (Fsp3) is 0.167. The Balaban J connectivity index is 1.78. The van der Waals surface area contributed by atoms with Crippen LogP contribution in [0, 0.1) is 0 Å². The number of carbonyl (C=O) groups excluding carboxylic acids is 3. The van der Waals surface area contributed by atoms with E-state index in [1.165, 1.54) is 0 Å². The van der Waals surface area contributed by atoms with Gasteiger partial charge in [-0.2, -0.15) is 0 Å². The Morgan fingerprint density at radius 3 is 2.25 bits per heavy atom. The molecule has 0 atom stereocenters. The van der Waals surface area contributed by atoms with Gasteiger partial charge >= 0.3 is 0 Å². The van der Waals surface area contributed by atoms with Gasteiger partial charge in [0.25, 0.3) is 5.91 Å². The average molecular weight is 325 g/mol. The molecule has 0 saturated heterocycles. The second-order valence-corrected chi connectivity index (χ2v) is 5.22. The second kappa shape index (κ2) is 8.47. The first kappa shape index (κ1) is 17.2. The summed E-state index contributed by atoms with van der Waals surface area (Å²) >= 11 is 0. The summed E-state index contributed by atoms with van der Waals surface area (Å²) in [6, 6.07) is 15.9. The van der Waals surface area contributed by atoms with E-state index in [1.54, 1.807) is 24.3 Å². The third-order valence-electron chi connectivity index (χ3n) is 3.35. The molecule has 0 spiro atoms. The molecule has 0 aliphatic heterocycles. The monoisotopic (exact) mass is 325 g/mol. The number of amides is 3. The van der Waals surface area contributed by atoms with Gasteiger partial charge in [0.15, 0.2) is 0 Å². The number of carbonyl (C=O) groups is 3. The van der Waals surface area contributed by atoms with Crippen LogP contribution < -0.4 is 16.4 Å². The first-order valence-electron chi connectivity index (χ1n) is 7.55. The molecular weight excluding hydrogens is 306 g/mol. The molecule has 0 aliphatic rings. The first-order valence-corrected chi connectivity index (χ1v) is 7.55. The maximum atomic E-state index is 11.9. The van der Waals surface area contributed by atoms with Gasteiger partial charge < -0.3 is 16.4 Å². The van der Waals surface area contributed by atoms with Crippen LogP contribution in [0.5, 0.6) is 0 Å². The molecule has 0 saturated carbocycles. The minimum absolute atomic E-state index is 0.105. The molecule has 0 aromatic heterocycles. The molecule has 6 heteroatoms. The number of anilines is 1. The molecule has 124 valence electrons. The van der Waals surface area contributed by atoms with E-state index < -0.39 is 5.91 Å². The predicted molar refractivity (Wildman–Crippen MR) is 91.4 cm³/mol. The lowest BCUT2D eigenvalue weighted by atomic mass is 10.1. The third kappa shape index (κ3) is 5.24. The van der Waals surface area contributed by atoms with E-state index >= 15 is 0 Å². The standard InChI is InChI=1S/C18H19N3O3/c19-18(24)14-8-4-5-9-15(14)21-16(22)10-11-20-17(23)12-13-6-2-1-3-7-13/h1-9H,10-12H2,(H2,19,24)(H,20,23)(H,21,22). The summed E-state index contributed by atoms with van der Waals surface area (Å²) in [7, 11) is 0. The van der Waals surface area contributed by atoms with E-state index in [9.17, 15) is 14.4 Å². The van der Waals surface area contributed by atoms with Crippen LogP contribution in [0.15, 0.2) is 54.6 Å². The van der Waals surface area contributed by atoms with Gasteiger partial charge in [-0.25, -0.2) is 0 Å². The normalized spacial score (nSPS) is 10.0. The lowest BCUT2D eigenvalue weighted by Crippen LogP contribution is -2.29. The summed E-state index contributed by atoms with van der Waals surface area (Å²) in [5, 5.41) is 5.32. The molecule has 3 amide bonds. The van der Waals surface area contributed by atoms with Gasteiger partial charge in [0.2, 0.25) is 11.8 Å². The number of benzene rings is 2. The summed E-state index contributed by atoms with van der Waals surface area (Å²) in [4.78, 5) is 35.0. The van der Waals surface area contributed by atoms with Crippen molar-refractivity contribution in [2.75, 3.05) is 11.9 Å². The summed E-state index contributed by atoms with van der Waals surface area (Å²) in [5.74, 6) is -1.06. The van der Waals surface area contributed by atoms with Gasteiger partial charge in [-0.1, -0.05) is 42.5 Å². The first-order chi connectivity index (χ1) is 11.6. The van der Waals surface area contributed by atoms with E-state index in [-0.39, 0.29) is 36.8 Å². The average Bonchev–Trinajstić information content (AvgIpc) is 2.56. The molecule has 2 aromatic rings. The van der Waals surface area contributed by atoms with E-state index in [1.807, 2.05) is 30.3 Å². The van der Waals surface area contributed by atoms with Crippen LogP contribution in [-0.2, 0) is 16.0 Å². The van der Waals surface area contributed by atoms with E-state index in [2.05, 4.69) is 10.6 Å². The maximum absolute atomic E-state index is 11.9. The SMILES string of the molecule is NC(=O)c1ccccc1NC(=O)CCNC(=O)Cc1ccccc1.